The molecule has 30 heavy (non-hydrogen) atoms. The molecule has 0 unspecified atom stereocenters. The number of urea groups is 1. The third-order valence-corrected chi connectivity index (χ3v) is 5.91. The van der Waals surface area contributed by atoms with Crippen LogP contribution in [0.25, 0.3) is 10.2 Å². The first kappa shape index (κ1) is 19.9. The van der Waals surface area contributed by atoms with Gasteiger partial charge in [-0.2, -0.15) is 0 Å². The highest BCUT2D eigenvalue weighted by Gasteiger charge is 2.35. The van der Waals surface area contributed by atoms with Crippen LogP contribution in [0.5, 0.6) is 0 Å². The molecule has 0 bridgehead atoms. The number of carbonyl (C=O) groups is 2. The molecular formula is C20H20N4O5S. The molecule has 0 fully saturated rings. The average molecular weight is 428 g/mol. The largest absolute Gasteiger partial charge is 0.467 e. The lowest BCUT2D eigenvalue weighted by Gasteiger charge is -2.28. The Hall–Kier alpha value is -3.40. The minimum Gasteiger partial charge on any atom is -0.467 e. The molecule has 0 spiro atoms. The first-order valence-corrected chi connectivity index (χ1v) is 10.3. The maximum absolute atomic E-state index is 13.0. The molecule has 10 heteroatoms. The van der Waals surface area contributed by atoms with Crippen LogP contribution in [-0.4, -0.2) is 28.2 Å². The summed E-state index contributed by atoms with van der Waals surface area (Å²) in [6.45, 7) is 3.83. The molecule has 1 aliphatic heterocycles. The molecule has 3 aromatic rings. The zero-order valence-corrected chi connectivity index (χ0v) is 17.2. The molecule has 156 valence electrons. The van der Waals surface area contributed by atoms with Gasteiger partial charge in [-0.1, -0.05) is 6.92 Å². The lowest BCUT2D eigenvalue weighted by molar-refractivity contribution is -0.139. The molecule has 0 aromatic carbocycles. The molecule has 0 radical (unpaired) electrons. The zero-order chi connectivity index (χ0) is 21.3. The number of furan rings is 1. The van der Waals surface area contributed by atoms with Gasteiger partial charge in [-0.3, -0.25) is 9.36 Å². The van der Waals surface area contributed by atoms with E-state index in [0.717, 1.165) is 11.3 Å². The van der Waals surface area contributed by atoms with Crippen LogP contribution < -0.4 is 16.2 Å². The van der Waals surface area contributed by atoms with Gasteiger partial charge in [0.15, 0.2) is 0 Å². The normalized spacial score (nSPS) is 16.5. The Balaban J connectivity index is 1.80. The Labute approximate surface area is 175 Å². The predicted octanol–water partition coefficient (Wildman–Crippen LogP) is 2.48. The summed E-state index contributed by atoms with van der Waals surface area (Å²) in [7, 11) is 0. The standard InChI is InChI=1S/C20H20N4O5S/c1-3-11-8-12-17(30-11)21-10-24(18(12)25)9-13-15(19(26)28-4-2)16(23-20(27)22-13)14-6-5-7-29-14/h5-8,10,16H,3-4,9H2,1-2H3,(H2,22,23,27)/t16-/m1/s1. The number of nitrogens with zero attached hydrogens (tertiary/aromatic N) is 2. The van der Waals surface area contributed by atoms with E-state index in [1.807, 2.05) is 13.0 Å². The van der Waals surface area contributed by atoms with E-state index < -0.39 is 18.0 Å². The molecule has 0 aliphatic carbocycles. The topological polar surface area (TPSA) is 115 Å². The Morgan fingerprint density at radius 2 is 2.20 bits per heavy atom. The van der Waals surface area contributed by atoms with Gasteiger partial charge in [-0.15, -0.1) is 11.3 Å². The highest BCUT2D eigenvalue weighted by molar-refractivity contribution is 7.18. The quantitative estimate of drug-likeness (QED) is 0.583. The molecule has 1 atom stereocenters. The number of rotatable bonds is 6. The summed E-state index contributed by atoms with van der Waals surface area (Å²) in [4.78, 5) is 44.1. The van der Waals surface area contributed by atoms with Gasteiger partial charge in [-0.25, -0.2) is 14.6 Å². The minimum atomic E-state index is -0.831. The first-order chi connectivity index (χ1) is 14.5. The third kappa shape index (κ3) is 3.61. The maximum Gasteiger partial charge on any atom is 0.338 e. The molecule has 9 nitrogen and oxygen atoms in total. The second-order valence-corrected chi connectivity index (χ2v) is 7.74. The second kappa shape index (κ2) is 8.15. The molecule has 2 amide bonds. The van der Waals surface area contributed by atoms with Gasteiger partial charge < -0.3 is 19.8 Å². The van der Waals surface area contributed by atoms with Gasteiger partial charge in [-0.05, 0) is 31.5 Å². The molecule has 4 heterocycles. The predicted molar refractivity (Wildman–Crippen MR) is 110 cm³/mol. The molecule has 0 saturated carbocycles. The number of hydrogen-bond donors (Lipinski definition) is 2. The first-order valence-electron chi connectivity index (χ1n) is 9.50. The van der Waals surface area contributed by atoms with Crippen LogP contribution in [0.3, 0.4) is 0 Å². The molecule has 0 saturated heterocycles. The number of allylic oxidation sites excluding steroid dienone is 1. The summed E-state index contributed by atoms with van der Waals surface area (Å²) in [6.07, 6.45) is 3.69. The van der Waals surface area contributed by atoms with Crippen molar-refractivity contribution in [2.45, 2.75) is 32.9 Å². The summed E-state index contributed by atoms with van der Waals surface area (Å²) < 4.78 is 12.0. The van der Waals surface area contributed by atoms with Gasteiger partial charge >= 0.3 is 12.0 Å². The lowest BCUT2D eigenvalue weighted by Crippen LogP contribution is -2.47. The van der Waals surface area contributed by atoms with E-state index in [9.17, 15) is 14.4 Å². The SMILES string of the molecule is CCOC(=O)C1=C(Cn2cnc3sc(CC)cc3c2=O)NC(=O)N[C@@H]1c1ccco1. The third-order valence-electron chi connectivity index (χ3n) is 4.72. The highest BCUT2D eigenvalue weighted by atomic mass is 32.1. The number of nitrogens with one attached hydrogen (secondary N) is 2. The second-order valence-electron chi connectivity index (χ2n) is 6.62. The maximum atomic E-state index is 13.0. The van der Waals surface area contributed by atoms with E-state index in [4.69, 9.17) is 9.15 Å². The monoisotopic (exact) mass is 428 g/mol. The number of aryl methyl sites for hydroxylation is 1. The van der Waals surface area contributed by atoms with Crippen LogP contribution in [-0.2, 0) is 22.5 Å². The van der Waals surface area contributed by atoms with E-state index in [1.54, 1.807) is 19.1 Å². The Morgan fingerprint density at radius 1 is 1.37 bits per heavy atom. The van der Waals surface area contributed by atoms with Crippen molar-refractivity contribution in [2.24, 2.45) is 0 Å². The average Bonchev–Trinajstić information content (AvgIpc) is 3.39. The summed E-state index contributed by atoms with van der Waals surface area (Å²) in [5.41, 5.74) is 0.194. The number of aromatic nitrogens is 2. The lowest BCUT2D eigenvalue weighted by atomic mass is 10.00. The number of thiophene rings is 1. The van der Waals surface area contributed by atoms with Gasteiger partial charge in [0, 0.05) is 4.88 Å². The number of hydrogen-bond acceptors (Lipinski definition) is 7. The molecule has 2 N–H and O–H groups in total. The Kier molecular flexibility index (Phi) is 5.40. The number of amides is 2. The molecule has 4 rings (SSSR count). The van der Waals surface area contributed by atoms with Gasteiger partial charge in [0.25, 0.3) is 5.56 Å². The van der Waals surface area contributed by atoms with Gasteiger partial charge in [0.05, 0.1) is 42.4 Å². The fraction of sp³-hybridized carbons (Fsp3) is 0.300. The smallest absolute Gasteiger partial charge is 0.338 e. The summed E-state index contributed by atoms with van der Waals surface area (Å²) in [5.74, 6) is -0.218. The van der Waals surface area contributed by atoms with Crippen LogP contribution in [0.2, 0.25) is 0 Å². The van der Waals surface area contributed by atoms with Crippen molar-refractivity contribution in [2.75, 3.05) is 6.61 Å². The van der Waals surface area contributed by atoms with Crippen molar-refractivity contribution in [3.05, 3.63) is 63.1 Å². The van der Waals surface area contributed by atoms with E-state index in [2.05, 4.69) is 15.6 Å². The molecule has 3 aromatic heterocycles. The Bertz CT molecular complexity index is 1190. The number of carbonyl (C=O) groups excluding carboxylic acids is 2. The van der Waals surface area contributed by atoms with Crippen molar-refractivity contribution in [1.82, 2.24) is 20.2 Å². The molecule has 1 aliphatic rings. The van der Waals surface area contributed by atoms with Crippen molar-refractivity contribution in [1.29, 1.82) is 0 Å². The van der Waals surface area contributed by atoms with Crippen LogP contribution in [0.4, 0.5) is 4.79 Å². The number of fused-ring (bicyclic) bond motifs is 1. The van der Waals surface area contributed by atoms with E-state index >= 15 is 0 Å². The summed E-state index contributed by atoms with van der Waals surface area (Å²) >= 11 is 1.47. The van der Waals surface area contributed by atoms with E-state index in [-0.39, 0.29) is 30.0 Å². The van der Waals surface area contributed by atoms with E-state index in [0.29, 0.717) is 16.0 Å². The number of ether oxygens (including phenoxy) is 1. The summed E-state index contributed by atoms with van der Waals surface area (Å²) in [5, 5.41) is 5.83. The van der Waals surface area contributed by atoms with Crippen molar-refractivity contribution < 1.29 is 18.7 Å². The zero-order valence-electron chi connectivity index (χ0n) is 16.4. The van der Waals surface area contributed by atoms with Crippen LogP contribution in [0.1, 0.15) is 30.5 Å². The van der Waals surface area contributed by atoms with E-state index in [1.165, 1.54) is 28.5 Å². The van der Waals surface area contributed by atoms with Crippen molar-refractivity contribution >= 4 is 33.6 Å². The minimum absolute atomic E-state index is 0.0438. The Morgan fingerprint density at radius 3 is 2.90 bits per heavy atom. The summed E-state index contributed by atoms with van der Waals surface area (Å²) in [6, 6.07) is 3.81. The number of esters is 1. The highest BCUT2D eigenvalue weighted by Crippen LogP contribution is 2.29. The van der Waals surface area contributed by atoms with Crippen LogP contribution in [0.15, 0.2) is 51.3 Å². The van der Waals surface area contributed by atoms with Gasteiger partial charge in [0.1, 0.15) is 16.6 Å². The van der Waals surface area contributed by atoms with Crippen LogP contribution >= 0.6 is 11.3 Å². The van der Waals surface area contributed by atoms with Crippen LogP contribution in [0, 0.1) is 0 Å². The van der Waals surface area contributed by atoms with Crippen molar-refractivity contribution in [3.8, 4) is 0 Å². The fourth-order valence-corrected chi connectivity index (χ4v) is 4.25. The van der Waals surface area contributed by atoms with Crippen molar-refractivity contribution in [3.63, 3.8) is 0 Å². The van der Waals surface area contributed by atoms with Gasteiger partial charge in [0.2, 0.25) is 0 Å². The fourth-order valence-electron chi connectivity index (χ4n) is 3.33. The molecular weight excluding hydrogens is 408 g/mol.